The maximum absolute atomic E-state index is 9.17. The number of benzene rings is 1. The molecule has 1 aliphatic rings. The fraction of sp³-hybridized carbons (Fsp3) is 0.714. The Morgan fingerprint density at radius 2 is 1.48 bits per heavy atom. The van der Waals surface area contributed by atoms with Crippen LogP contribution in [0, 0.1) is 0 Å². The van der Waals surface area contributed by atoms with Gasteiger partial charge in [0.25, 0.3) is 0 Å². The maximum Gasteiger partial charge on any atom is 0.112 e. The van der Waals surface area contributed by atoms with Gasteiger partial charge in [-0.2, -0.15) is 0 Å². The highest BCUT2D eigenvalue weighted by Gasteiger charge is 2.40. The van der Waals surface area contributed by atoms with Crippen molar-refractivity contribution in [2.24, 2.45) is 0 Å². The first-order chi connectivity index (χ1) is 11.4. The Morgan fingerprint density at radius 3 is 2.09 bits per heavy atom. The largest absolute Gasteiger partial charge is 0.394 e. The molecule has 1 N–H and O–H groups in total. The van der Waals surface area contributed by atoms with Crippen molar-refractivity contribution in [3.05, 3.63) is 35.4 Å². The Bertz CT molecular complexity index is 430. The molecule has 2 rings (SSSR count). The fourth-order valence-corrected chi connectivity index (χ4v) is 3.40. The van der Waals surface area contributed by atoms with Gasteiger partial charge >= 0.3 is 0 Å². The van der Waals surface area contributed by atoms with Gasteiger partial charge in [-0.15, -0.1) is 0 Å². The number of aryl methyl sites for hydroxylation is 1. The molecule has 0 saturated carbocycles. The number of ether oxygens (including phenoxy) is 1. The van der Waals surface area contributed by atoms with Gasteiger partial charge in [-0.3, -0.25) is 0 Å². The van der Waals surface area contributed by atoms with Gasteiger partial charge in [0.2, 0.25) is 0 Å². The standard InChI is InChI=1S/C21H34O2/c1-2-3-4-5-6-7-8-9-10-11-14-18-15-12-13-16-19(18)21-20(17-22)23-21/h12-13,15-16,20-22H,2-11,14,17H2,1H3. The average Bonchev–Trinajstić information content (AvgIpc) is 3.36. The minimum Gasteiger partial charge on any atom is -0.394 e. The minimum atomic E-state index is 0.0314. The molecule has 1 aliphatic heterocycles. The SMILES string of the molecule is CCCCCCCCCCCCc1ccccc1C1OC1CO. The molecule has 0 spiro atoms. The molecule has 23 heavy (non-hydrogen) atoms. The van der Waals surface area contributed by atoms with Crippen LogP contribution < -0.4 is 0 Å². The average molecular weight is 319 g/mol. The van der Waals surface area contributed by atoms with Crippen molar-refractivity contribution < 1.29 is 9.84 Å². The van der Waals surface area contributed by atoms with Gasteiger partial charge in [0.15, 0.2) is 0 Å². The summed E-state index contributed by atoms with van der Waals surface area (Å²) in [7, 11) is 0. The highest BCUT2D eigenvalue weighted by Crippen LogP contribution is 2.40. The van der Waals surface area contributed by atoms with E-state index in [-0.39, 0.29) is 18.8 Å². The summed E-state index contributed by atoms with van der Waals surface area (Å²) in [5.74, 6) is 0. The lowest BCUT2D eigenvalue weighted by Crippen LogP contribution is -1.98. The summed E-state index contributed by atoms with van der Waals surface area (Å²) in [5, 5.41) is 9.17. The van der Waals surface area contributed by atoms with E-state index in [1.165, 1.54) is 75.3 Å². The van der Waals surface area contributed by atoms with Crippen LogP contribution in [0.4, 0.5) is 0 Å². The summed E-state index contributed by atoms with van der Waals surface area (Å²) in [6, 6.07) is 8.57. The second kappa shape index (κ2) is 10.8. The number of aliphatic hydroxyl groups excluding tert-OH is 1. The molecular weight excluding hydrogens is 284 g/mol. The molecule has 1 heterocycles. The summed E-state index contributed by atoms with van der Waals surface area (Å²) in [4.78, 5) is 0. The number of unbranched alkanes of at least 4 members (excludes halogenated alkanes) is 9. The molecule has 0 aromatic heterocycles. The van der Waals surface area contributed by atoms with E-state index < -0.39 is 0 Å². The smallest absolute Gasteiger partial charge is 0.112 e. The van der Waals surface area contributed by atoms with E-state index in [0.717, 1.165) is 6.42 Å². The predicted octanol–water partition coefficient (Wildman–Crippen LogP) is 5.58. The van der Waals surface area contributed by atoms with Crippen molar-refractivity contribution in [1.29, 1.82) is 0 Å². The Kier molecular flexibility index (Phi) is 8.70. The van der Waals surface area contributed by atoms with Crippen LogP contribution in [0.1, 0.15) is 88.4 Å². The van der Waals surface area contributed by atoms with E-state index in [0.29, 0.717) is 0 Å². The van der Waals surface area contributed by atoms with E-state index in [4.69, 9.17) is 9.84 Å². The molecule has 0 radical (unpaired) electrons. The number of epoxide rings is 1. The molecule has 1 aromatic rings. The molecule has 1 saturated heterocycles. The normalized spacial score (nSPS) is 19.9. The first-order valence-corrected chi connectivity index (χ1v) is 9.71. The lowest BCUT2D eigenvalue weighted by molar-refractivity contribution is 0.242. The van der Waals surface area contributed by atoms with Crippen LogP contribution in [0.3, 0.4) is 0 Å². The van der Waals surface area contributed by atoms with Crippen molar-refractivity contribution in [1.82, 2.24) is 0 Å². The topological polar surface area (TPSA) is 32.8 Å². The van der Waals surface area contributed by atoms with Crippen molar-refractivity contribution in [3.63, 3.8) is 0 Å². The van der Waals surface area contributed by atoms with Crippen molar-refractivity contribution in [2.75, 3.05) is 6.61 Å². The predicted molar refractivity (Wildman–Crippen MR) is 96.7 cm³/mol. The van der Waals surface area contributed by atoms with Crippen molar-refractivity contribution >= 4 is 0 Å². The van der Waals surface area contributed by atoms with Crippen LogP contribution >= 0.6 is 0 Å². The third-order valence-corrected chi connectivity index (χ3v) is 4.92. The Labute approximate surface area is 142 Å². The van der Waals surface area contributed by atoms with Crippen LogP contribution in [-0.2, 0) is 11.2 Å². The molecular formula is C21H34O2. The molecule has 2 heteroatoms. The van der Waals surface area contributed by atoms with E-state index >= 15 is 0 Å². The molecule has 2 unspecified atom stereocenters. The van der Waals surface area contributed by atoms with Crippen LogP contribution in [-0.4, -0.2) is 17.8 Å². The number of rotatable bonds is 13. The number of aliphatic hydroxyl groups is 1. The molecule has 0 aliphatic carbocycles. The first-order valence-electron chi connectivity index (χ1n) is 9.71. The molecule has 2 nitrogen and oxygen atoms in total. The van der Waals surface area contributed by atoms with Gasteiger partial charge in [-0.05, 0) is 24.0 Å². The highest BCUT2D eigenvalue weighted by molar-refractivity contribution is 5.32. The Morgan fingerprint density at radius 1 is 0.870 bits per heavy atom. The van der Waals surface area contributed by atoms with E-state index in [9.17, 15) is 0 Å². The van der Waals surface area contributed by atoms with E-state index in [2.05, 4.69) is 31.2 Å². The van der Waals surface area contributed by atoms with Crippen LogP contribution in [0.2, 0.25) is 0 Å². The van der Waals surface area contributed by atoms with Crippen molar-refractivity contribution in [2.45, 2.75) is 89.8 Å². The third-order valence-electron chi connectivity index (χ3n) is 4.92. The molecule has 0 amide bonds. The second-order valence-electron chi connectivity index (χ2n) is 6.91. The number of hydrogen-bond donors (Lipinski definition) is 1. The molecule has 2 atom stereocenters. The van der Waals surface area contributed by atoms with E-state index in [1.54, 1.807) is 0 Å². The summed E-state index contributed by atoms with van der Waals surface area (Å²) >= 11 is 0. The zero-order valence-corrected chi connectivity index (χ0v) is 14.8. The quantitative estimate of drug-likeness (QED) is 0.380. The first kappa shape index (κ1) is 18.5. The molecule has 1 aromatic carbocycles. The summed E-state index contributed by atoms with van der Waals surface area (Å²) in [6.45, 7) is 2.41. The molecule has 130 valence electrons. The molecule has 1 fully saturated rings. The lowest BCUT2D eigenvalue weighted by Gasteiger charge is -2.07. The van der Waals surface area contributed by atoms with Crippen LogP contribution in [0.15, 0.2) is 24.3 Å². The van der Waals surface area contributed by atoms with Crippen LogP contribution in [0.5, 0.6) is 0 Å². The fourth-order valence-electron chi connectivity index (χ4n) is 3.40. The van der Waals surface area contributed by atoms with Gasteiger partial charge in [-0.1, -0.05) is 89.0 Å². The molecule has 0 bridgehead atoms. The van der Waals surface area contributed by atoms with Crippen LogP contribution in [0.25, 0.3) is 0 Å². The van der Waals surface area contributed by atoms with Crippen molar-refractivity contribution in [3.8, 4) is 0 Å². The number of hydrogen-bond acceptors (Lipinski definition) is 2. The Balaban J connectivity index is 1.55. The zero-order valence-electron chi connectivity index (χ0n) is 14.8. The van der Waals surface area contributed by atoms with Gasteiger partial charge in [0.05, 0.1) is 6.61 Å². The van der Waals surface area contributed by atoms with E-state index in [1.807, 2.05) is 0 Å². The highest BCUT2D eigenvalue weighted by atomic mass is 16.6. The lowest BCUT2D eigenvalue weighted by atomic mass is 9.97. The zero-order chi connectivity index (χ0) is 16.3. The monoisotopic (exact) mass is 318 g/mol. The van der Waals surface area contributed by atoms with Gasteiger partial charge < -0.3 is 9.84 Å². The summed E-state index contributed by atoms with van der Waals surface area (Å²) < 4.78 is 5.54. The van der Waals surface area contributed by atoms with Gasteiger partial charge in [0, 0.05) is 0 Å². The summed E-state index contributed by atoms with van der Waals surface area (Å²) in [5.41, 5.74) is 2.70. The van der Waals surface area contributed by atoms with Gasteiger partial charge in [0.1, 0.15) is 12.2 Å². The third kappa shape index (κ3) is 6.64. The minimum absolute atomic E-state index is 0.0314. The second-order valence-corrected chi connectivity index (χ2v) is 6.91. The Hall–Kier alpha value is -0.860. The van der Waals surface area contributed by atoms with Gasteiger partial charge in [-0.25, -0.2) is 0 Å². The summed E-state index contributed by atoms with van der Waals surface area (Å²) in [6.07, 6.45) is 15.1. The maximum atomic E-state index is 9.17.